The third kappa shape index (κ3) is 5.36. The molecule has 0 saturated heterocycles. The van der Waals surface area contributed by atoms with Crippen LogP contribution in [0.2, 0.25) is 5.02 Å². The molecule has 5 aromatic rings. The van der Waals surface area contributed by atoms with E-state index in [0.29, 0.717) is 27.0 Å². The quantitative estimate of drug-likeness (QED) is 0.149. The van der Waals surface area contributed by atoms with Crippen LogP contribution in [0.4, 0.5) is 0 Å². The van der Waals surface area contributed by atoms with E-state index in [1.807, 2.05) is 73.7 Å². The number of nitrogens with zero attached hydrogens (tertiary/aromatic N) is 2. The van der Waals surface area contributed by atoms with Crippen molar-refractivity contribution in [3.63, 3.8) is 0 Å². The van der Waals surface area contributed by atoms with Gasteiger partial charge in [-0.1, -0.05) is 103 Å². The molecule has 42 heavy (non-hydrogen) atoms. The maximum absolute atomic E-state index is 14.0. The van der Waals surface area contributed by atoms with E-state index in [1.54, 1.807) is 16.3 Å². The van der Waals surface area contributed by atoms with Gasteiger partial charge >= 0.3 is 5.97 Å². The van der Waals surface area contributed by atoms with Crippen LogP contribution in [0.3, 0.4) is 0 Å². The van der Waals surface area contributed by atoms with E-state index < -0.39 is 12.0 Å². The number of thioether (sulfide) groups is 1. The van der Waals surface area contributed by atoms with Crippen molar-refractivity contribution < 1.29 is 9.53 Å². The molecule has 0 saturated carbocycles. The van der Waals surface area contributed by atoms with Gasteiger partial charge in [0.25, 0.3) is 5.56 Å². The lowest BCUT2D eigenvalue weighted by molar-refractivity contribution is -0.136. The van der Waals surface area contributed by atoms with Gasteiger partial charge in [-0.15, -0.1) is 11.8 Å². The Balaban J connectivity index is 1.47. The van der Waals surface area contributed by atoms with Crippen molar-refractivity contribution >= 4 is 57.5 Å². The normalized spacial score (nSPS) is 15.0. The monoisotopic (exact) mass is 610 g/mol. The molecule has 2 heterocycles. The highest BCUT2D eigenvalue weighted by Gasteiger charge is 2.33. The molecule has 0 fully saturated rings. The Labute approximate surface area is 256 Å². The third-order valence-electron chi connectivity index (χ3n) is 7.25. The zero-order valence-electron chi connectivity index (χ0n) is 23.0. The smallest absolute Gasteiger partial charge is 0.338 e. The number of benzene rings is 4. The van der Waals surface area contributed by atoms with Crippen molar-refractivity contribution in [3.05, 3.63) is 144 Å². The Bertz CT molecular complexity index is 2030. The number of hydrogen-bond donors (Lipinski definition) is 0. The van der Waals surface area contributed by atoms with Gasteiger partial charge in [-0.2, -0.15) is 0 Å². The molecule has 0 aliphatic carbocycles. The number of halogens is 1. The molecule has 1 atom stereocenters. The highest BCUT2D eigenvalue weighted by atomic mass is 35.5. The molecule has 0 radical (unpaired) electrons. The van der Waals surface area contributed by atoms with Gasteiger partial charge in [0, 0.05) is 15.7 Å². The van der Waals surface area contributed by atoms with Gasteiger partial charge in [0.15, 0.2) is 4.80 Å². The van der Waals surface area contributed by atoms with E-state index in [4.69, 9.17) is 21.3 Å². The maximum atomic E-state index is 14.0. The molecule has 0 N–H and O–H groups in total. The molecule has 210 valence electrons. The van der Waals surface area contributed by atoms with E-state index >= 15 is 0 Å². The largest absolute Gasteiger partial charge is 0.466 e. The summed E-state index contributed by atoms with van der Waals surface area (Å²) in [6.45, 7) is 1.95. The minimum Gasteiger partial charge on any atom is -0.466 e. The van der Waals surface area contributed by atoms with Crippen LogP contribution in [-0.2, 0) is 15.3 Å². The summed E-state index contributed by atoms with van der Waals surface area (Å²) in [7, 11) is 1.36. The van der Waals surface area contributed by atoms with Gasteiger partial charge in [0.05, 0.1) is 29.0 Å². The second-order valence-corrected chi connectivity index (χ2v) is 12.3. The molecule has 0 bridgehead atoms. The summed E-state index contributed by atoms with van der Waals surface area (Å²) in [5, 5.41) is 2.91. The summed E-state index contributed by atoms with van der Waals surface area (Å²) < 4.78 is 7.35. The van der Waals surface area contributed by atoms with Crippen LogP contribution < -0.4 is 14.9 Å². The summed E-state index contributed by atoms with van der Waals surface area (Å²) in [5.41, 5.74) is 3.78. The van der Waals surface area contributed by atoms with Gasteiger partial charge in [-0.3, -0.25) is 9.36 Å². The molecule has 8 heteroatoms. The Kier molecular flexibility index (Phi) is 8.16. The van der Waals surface area contributed by atoms with Crippen molar-refractivity contribution in [1.82, 2.24) is 4.57 Å². The molecular weight excluding hydrogens is 584 g/mol. The summed E-state index contributed by atoms with van der Waals surface area (Å²) in [5.74, 6) is 0.320. The summed E-state index contributed by atoms with van der Waals surface area (Å²) in [4.78, 5) is 33.5. The first kappa shape index (κ1) is 28.2. The van der Waals surface area contributed by atoms with Crippen LogP contribution >= 0.6 is 34.7 Å². The number of aromatic nitrogens is 1. The molecule has 6 rings (SSSR count). The second kappa shape index (κ2) is 12.1. The number of esters is 1. The number of fused-ring (bicyclic) bond motifs is 2. The molecule has 4 aromatic carbocycles. The molecule has 1 aliphatic heterocycles. The van der Waals surface area contributed by atoms with E-state index in [-0.39, 0.29) is 5.56 Å². The number of methoxy groups -OCH3 is 1. The highest BCUT2D eigenvalue weighted by Crippen LogP contribution is 2.34. The minimum atomic E-state index is -0.617. The zero-order valence-corrected chi connectivity index (χ0v) is 25.4. The Morgan fingerprint density at radius 1 is 1.02 bits per heavy atom. The Hall–Kier alpha value is -3.91. The van der Waals surface area contributed by atoms with E-state index in [9.17, 15) is 9.59 Å². The number of rotatable bonds is 7. The first-order chi connectivity index (χ1) is 20.5. The summed E-state index contributed by atoms with van der Waals surface area (Å²) >= 11 is 9.29. The van der Waals surface area contributed by atoms with Gasteiger partial charge < -0.3 is 4.74 Å². The van der Waals surface area contributed by atoms with Gasteiger partial charge in [-0.05, 0) is 58.2 Å². The fraction of sp³-hybridized carbons (Fsp3) is 0.147. The first-order valence-corrected chi connectivity index (χ1v) is 15.7. The predicted octanol–water partition coefficient (Wildman–Crippen LogP) is 6.90. The molecular formula is C34H27ClN2O3S2. The minimum absolute atomic E-state index is 0.187. The lowest BCUT2D eigenvalue weighted by Gasteiger charge is -2.25. The SMILES string of the molecule is CCC1=C(C(=O)OC)[C@H](c2ccccc2)n2c(s/c(=C\c3ccc(SCc4cccc(Cl)c4)c4ccccc34)c2=O)=N1. The van der Waals surface area contributed by atoms with Crippen LogP contribution in [0.15, 0.2) is 117 Å². The second-order valence-electron chi connectivity index (χ2n) is 9.82. The van der Waals surface area contributed by atoms with Crippen molar-refractivity contribution in [2.75, 3.05) is 7.11 Å². The van der Waals surface area contributed by atoms with Crippen LogP contribution in [-0.4, -0.2) is 17.6 Å². The lowest BCUT2D eigenvalue weighted by atomic mass is 9.95. The highest BCUT2D eigenvalue weighted by molar-refractivity contribution is 7.98. The van der Waals surface area contributed by atoms with Crippen LogP contribution in [0.5, 0.6) is 0 Å². The number of carbonyl (C=O) groups excluding carboxylic acids is 1. The van der Waals surface area contributed by atoms with Crippen LogP contribution in [0.25, 0.3) is 16.8 Å². The predicted molar refractivity (Wildman–Crippen MR) is 172 cm³/mol. The van der Waals surface area contributed by atoms with Gasteiger partial charge in [0.1, 0.15) is 0 Å². The number of hydrogen-bond acceptors (Lipinski definition) is 6. The molecule has 0 unspecified atom stereocenters. The number of carbonyl (C=O) groups is 1. The molecule has 1 aliphatic rings. The van der Waals surface area contributed by atoms with E-state index in [1.165, 1.54) is 18.4 Å². The summed E-state index contributed by atoms with van der Waals surface area (Å²) in [6.07, 6.45) is 2.48. The van der Waals surface area contributed by atoms with Gasteiger partial charge in [-0.25, -0.2) is 9.79 Å². The molecule has 1 aromatic heterocycles. The average Bonchev–Trinajstić information content (AvgIpc) is 3.33. The van der Waals surface area contributed by atoms with Gasteiger partial charge in [0.2, 0.25) is 0 Å². The molecule has 5 nitrogen and oxygen atoms in total. The van der Waals surface area contributed by atoms with Crippen molar-refractivity contribution in [1.29, 1.82) is 0 Å². The van der Waals surface area contributed by atoms with Crippen molar-refractivity contribution in [2.45, 2.75) is 30.0 Å². The topological polar surface area (TPSA) is 60.7 Å². The van der Waals surface area contributed by atoms with E-state index in [0.717, 1.165) is 43.1 Å². The average molecular weight is 611 g/mol. The standard InChI is InChI=1S/C34H27ClN2O3S2/c1-3-27-30(33(39)40-2)31(22-11-5-4-6-12-22)37-32(38)29(42-34(37)36-27)19-23-16-17-28(26-15-8-7-14-25(23)26)41-20-21-10-9-13-24(35)18-21/h4-19,31H,3,20H2,1-2H3/b29-19-/t31-/m0/s1. The number of allylic oxidation sites excluding steroid dienone is 1. The maximum Gasteiger partial charge on any atom is 0.338 e. The van der Waals surface area contributed by atoms with Crippen molar-refractivity contribution in [3.8, 4) is 0 Å². The van der Waals surface area contributed by atoms with E-state index in [2.05, 4.69) is 30.3 Å². The Morgan fingerprint density at radius 2 is 1.79 bits per heavy atom. The van der Waals surface area contributed by atoms with Crippen LogP contribution in [0, 0.1) is 0 Å². The Morgan fingerprint density at radius 3 is 2.52 bits per heavy atom. The third-order valence-corrected chi connectivity index (χ3v) is 9.62. The fourth-order valence-corrected chi connectivity index (χ4v) is 7.51. The lowest BCUT2D eigenvalue weighted by Crippen LogP contribution is -2.40. The summed E-state index contributed by atoms with van der Waals surface area (Å²) in [6, 6.07) is 29.3. The molecule has 0 amide bonds. The molecule has 0 spiro atoms. The van der Waals surface area contributed by atoms with Crippen LogP contribution in [0.1, 0.15) is 36.1 Å². The van der Waals surface area contributed by atoms with Crippen molar-refractivity contribution in [2.24, 2.45) is 4.99 Å². The first-order valence-electron chi connectivity index (χ1n) is 13.6. The number of thiazole rings is 1. The fourth-order valence-electron chi connectivity index (χ4n) is 5.29. The zero-order chi connectivity index (χ0) is 29.2. The number of ether oxygens (including phenoxy) is 1.